The molecule has 0 spiro atoms. The number of aromatic nitrogens is 3. The van der Waals surface area contributed by atoms with E-state index >= 15 is 0 Å². The summed E-state index contributed by atoms with van der Waals surface area (Å²) in [5.74, 6) is 1.47. The minimum atomic E-state index is -3.23. The molecule has 2 heterocycles. The van der Waals surface area contributed by atoms with Crippen LogP contribution in [0.3, 0.4) is 0 Å². The zero-order valence-corrected chi connectivity index (χ0v) is 12.5. The average Bonchev–Trinajstić information content (AvgIpc) is 2.26. The summed E-state index contributed by atoms with van der Waals surface area (Å²) >= 11 is 13.0. The van der Waals surface area contributed by atoms with Crippen LogP contribution < -0.4 is 4.90 Å². The minimum absolute atomic E-state index is 0.0459. The van der Waals surface area contributed by atoms with Crippen LogP contribution in [0.5, 0.6) is 0 Å². The Bertz CT molecular complexity index is 534. The molecule has 1 fully saturated rings. The number of rotatable bonds is 2. The van der Waals surface area contributed by atoms with Gasteiger partial charge in [-0.05, 0) is 23.2 Å². The Morgan fingerprint density at radius 3 is 2.44 bits per heavy atom. The van der Waals surface area contributed by atoms with E-state index in [1.165, 1.54) is 6.26 Å². The Balaban J connectivity index is 2.40. The van der Waals surface area contributed by atoms with Gasteiger partial charge in [-0.3, -0.25) is 0 Å². The largest absolute Gasteiger partial charge is 0.322 e. The zero-order chi connectivity index (χ0) is 13.3. The molecule has 0 radical (unpaired) electrons. The van der Waals surface area contributed by atoms with Crippen molar-refractivity contribution in [1.82, 2.24) is 15.0 Å². The van der Waals surface area contributed by atoms with Crippen molar-refractivity contribution < 1.29 is 8.42 Å². The van der Waals surface area contributed by atoms with Gasteiger partial charge in [-0.2, -0.15) is 26.7 Å². The van der Waals surface area contributed by atoms with E-state index in [0.717, 1.165) is 5.75 Å². The average molecular weight is 329 g/mol. The highest BCUT2D eigenvalue weighted by Gasteiger charge is 2.33. The lowest BCUT2D eigenvalue weighted by atomic mass is 10.5. The van der Waals surface area contributed by atoms with Gasteiger partial charge in [-0.25, -0.2) is 8.42 Å². The van der Waals surface area contributed by atoms with Gasteiger partial charge in [0.25, 0.3) is 0 Å². The first-order valence-corrected chi connectivity index (χ1v) is 8.85. The number of halogens is 2. The first kappa shape index (κ1) is 14.1. The van der Waals surface area contributed by atoms with Crippen LogP contribution in [0, 0.1) is 0 Å². The van der Waals surface area contributed by atoms with E-state index in [1.54, 1.807) is 16.7 Å². The lowest BCUT2D eigenvalue weighted by molar-refractivity contribution is 0.582. The van der Waals surface area contributed by atoms with Crippen molar-refractivity contribution in [2.45, 2.75) is 5.37 Å². The fraction of sp³-hybridized carbons (Fsp3) is 0.625. The van der Waals surface area contributed by atoms with Crippen molar-refractivity contribution in [3.63, 3.8) is 0 Å². The first-order chi connectivity index (χ1) is 8.38. The Hall–Kier alpha value is -0.310. The van der Waals surface area contributed by atoms with Crippen LogP contribution in [0.4, 0.5) is 5.95 Å². The van der Waals surface area contributed by atoms with Crippen LogP contribution in [0.15, 0.2) is 0 Å². The van der Waals surface area contributed by atoms with Gasteiger partial charge in [0.15, 0.2) is 9.84 Å². The molecule has 0 amide bonds. The van der Waals surface area contributed by atoms with Crippen LogP contribution in [0.1, 0.15) is 0 Å². The van der Waals surface area contributed by atoms with Crippen LogP contribution >= 0.6 is 35.0 Å². The smallest absolute Gasteiger partial charge is 0.232 e. The summed E-state index contributed by atoms with van der Waals surface area (Å²) in [6.07, 6.45) is 1.20. The van der Waals surface area contributed by atoms with Gasteiger partial charge in [-0.15, -0.1) is 0 Å². The second-order valence-corrected chi connectivity index (χ2v) is 7.76. The number of hydrogen-bond donors (Lipinski definition) is 0. The van der Waals surface area contributed by atoms with Crippen molar-refractivity contribution in [2.24, 2.45) is 0 Å². The van der Waals surface area contributed by atoms with Crippen LogP contribution in [-0.2, 0) is 9.84 Å². The Morgan fingerprint density at radius 2 is 1.89 bits per heavy atom. The molecule has 6 nitrogen and oxygen atoms in total. The Morgan fingerprint density at radius 1 is 1.28 bits per heavy atom. The standard InChI is InChI=1S/C8H10Cl2N4O2S2/c1-18(15,16)5-4-17-3-2-14(5)8-12-6(9)11-7(10)13-8/h5H,2-4H2,1H3. The van der Waals surface area contributed by atoms with Crippen LogP contribution in [0.25, 0.3) is 0 Å². The normalized spacial score (nSPS) is 21.1. The molecule has 1 aliphatic rings. The van der Waals surface area contributed by atoms with E-state index in [9.17, 15) is 8.42 Å². The fourth-order valence-corrected chi connectivity index (χ4v) is 4.78. The summed E-state index contributed by atoms with van der Waals surface area (Å²) in [6, 6.07) is 0. The number of anilines is 1. The lowest BCUT2D eigenvalue weighted by Gasteiger charge is -2.33. The molecule has 0 aliphatic carbocycles. The van der Waals surface area contributed by atoms with Crippen molar-refractivity contribution in [2.75, 3.05) is 29.2 Å². The van der Waals surface area contributed by atoms with E-state index in [4.69, 9.17) is 23.2 Å². The first-order valence-electron chi connectivity index (χ1n) is 4.98. The summed E-state index contributed by atoms with van der Waals surface area (Å²) in [6.45, 7) is 0.527. The van der Waals surface area contributed by atoms with E-state index in [-0.39, 0.29) is 16.5 Å². The van der Waals surface area contributed by atoms with Crippen LogP contribution in [0.2, 0.25) is 10.6 Å². The molecule has 1 saturated heterocycles. The predicted octanol–water partition coefficient (Wildman–Crippen LogP) is 1.10. The number of sulfone groups is 1. The third-order valence-corrected chi connectivity index (χ3v) is 5.39. The molecule has 1 atom stereocenters. The van der Waals surface area contributed by atoms with Gasteiger partial charge in [0.2, 0.25) is 16.5 Å². The maximum absolute atomic E-state index is 11.7. The summed E-state index contributed by atoms with van der Waals surface area (Å²) in [5.41, 5.74) is 0. The van der Waals surface area contributed by atoms with Gasteiger partial charge in [0.1, 0.15) is 5.37 Å². The third-order valence-electron chi connectivity index (χ3n) is 2.40. The fourth-order valence-electron chi connectivity index (χ4n) is 1.61. The Kier molecular flexibility index (Phi) is 4.20. The maximum Gasteiger partial charge on any atom is 0.232 e. The lowest BCUT2D eigenvalue weighted by Crippen LogP contribution is -2.47. The summed E-state index contributed by atoms with van der Waals surface area (Å²) in [5, 5.41) is -0.753. The van der Waals surface area contributed by atoms with E-state index < -0.39 is 15.2 Å². The molecule has 2 rings (SSSR count). The zero-order valence-electron chi connectivity index (χ0n) is 9.38. The summed E-state index contributed by atoms with van der Waals surface area (Å²) in [4.78, 5) is 13.1. The molecule has 1 aromatic rings. The molecule has 1 unspecified atom stereocenters. The molecule has 10 heteroatoms. The highest BCUT2D eigenvalue weighted by atomic mass is 35.5. The minimum Gasteiger partial charge on any atom is -0.322 e. The van der Waals surface area contributed by atoms with E-state index in [2.05, 4.69) is 15.0 Å². The molecule has 0 saturated carbocycles. The third kappa shape index (κ3) is 3.17. The molecule has 1 aromatic heterocycles. The van der Waals surface area contributed by atoms with Gasteiger partial charge in [0.05, 0.1) is 0 Å². The second kappa shape index (κ2) is 5.36. The topological polar surface area (TPSA) is 76.1 Å². The maximum atomic E-state index is 11.7. The molecule has 100 valence electrons. The summed E-state index contributed by atoms with van der Waals surface area (Å²) < 4.78 is 23.5. The van der Waals surface area contributed by atoms with E-state index in [0.29, 0.717) is 12.3 Å². The molecule has 1 aliphatic heterocycles. The SMILES string of the molecule is CS(=O)(=O)C1CSCCN1c1nc(Cl)nc(Cl)n1. The molecule has 18 heavy (non-hydrogen) atoms. The number of nitrogens with zero attached hydrogens (tertiary/aromatic N) is 4. The molecule has 0 bridgehead atoms. The molecular weight excluding hydrogens is 319 g/mol. The highest BCUT2D eigenvalue weighted by Crippen LogP contribution is 2.25. The van der Waals surface area contributed by atoms with Gasteiger partial charge >= 0.3 is 0 Å². The van der Waals surface area contributed by atoms with Gasteiger partial charge in [0, 0.05) is 24.3 Å². The quantitative estimate of drug-likeness (QED) is 0.804. The second-order valence-electron chi connectivity index (χ2n) is 3.73. The number of hydrogen-bond acceptors (Lipinski definition) is 7. The highest BCUT2D eigenvalue weighted by molar-refractivity contribution is 8.01. The molecule has 0 aromatic carbocycles. The van der Waals surface area contributed by atoms with Gasteiger partial charge in [-0.1, -0.05) is 0 Å². The van der Waals surface area contributed by atoms with Gasteiger partial charge < -0.3 is 4.90 Å². The predicted molar refractivity (Wildman–Crippen MR) is 73.1 cm³/mol. The summed E-state index contributed by atoms with van der Waals surface area (Å²) in [7, 11) is -3.23. The number of thioether (sulfide) groups is 1. The van der Waals surface area contributed by atoms with E-state index in [1.807, 2.05) is 0 Å². The molecular formula is C8H10Cl2N4O2S2. The monoisotopic (exact) mass is 328 g/mol. The van der Waals surface area contributed by atoms with Crippen LogP contribution in [-0.4, -0.2) is 53.0 Å². The van der Waals surface area contributed by atoms with Crippen molar-refractivity contribution >= 4 is 50.7 Å². The Labute approximate surface area is 119 Å². The molecule has 0 N–H and O–H groups in total. The van der Waals surface area contributed by atoms with Crippen molar-refractivity contribution in [3.8, 4) is 0 Å². The van der Waals surface area contributed by atoms with Crippen molar-refractivity contribution in [1.29, 1.82) is 0 Å². The van der Waals surface area contributed by atoms with Crippen molar-refractivity contribution in [3.05, 3.63) is 10.6 Å².